The van der Waals surface area contributed by atoms with Gasteiger partial charge in [-0.2, -0.15) is 0 Å². The first-order valence-corrected chi connectivity index (χ1v) is 15.3. The van der Waals surface area contributed by atoms with E-state index in [0.717, 1.165) is 42.6 Å². The third-order valence-corrected chi connectivity index (χ3v) is 8.87. The normalized spacial score (nSPS) is 25.0. The average Bonchev–Trinajstić information content (AvgIpc) is 3.74. The Bertz CT molecular complexity index is 1590. The predicted octanol–water partition coefficient (Wildman–Crippen LogP) is 5.20. The molecule has 1 N–H and O–H groups in total. The maximum absolute atomic E-state index is 15.8. The molecule has 4 aromatic rings. The molecular weight excluding hydrogens is 565 g/mol. The summed E-state index contributed by atoms with van der Waals surface area (Å²) in [5, 5.41) is 10.2. The number of likely N-dealkylation sites (N-methyl/N-ethyl adjacent to an activating group) is 1. The van der Waals surface area contributed by atoms with Crippen molar-refractivity contribution < 1.29 is 33.2 Å². The summed E-state index contributed by atoms with van der Waals surface area (Å²) in [6, 6.07) is 19.5. The summed E-state index contributed by atoms with van der Waals surface area (Å²) < 4.78 is 47.0. The largest absolute Gasteiger partial charge is 0.470 e. The molecule has 9 nitrogen and oxygen atoms in total. The molecule has 3 saturated heterocycles. The molecule has 1 unspecified atom stereocenters. The van der Waals surface area contributed by atoms with Crippen LogP contribution in [-0.2, 0) is 18.9 Å². The highest BCUT2D eigenvalue weighted by Gasteiger charge is 2.48. The molecule has 10 heteroatoms. The van der Waals surface area contributed by atoms with Crippen LogP contribution in [0.25, 0.3) is 33.4 Å². The van der Waals surface area contributed by atoms with Crippen LogP contribution in [0.2, 0.25) is 0 Å². The van der Waals surface area contributed by atoms with Gasteiger partial charge in [-0.1, -0.05) is 36.4 Å². The molecule has 0 saturated carbocycles. The Morgan fingerprint density at radius 2 is 1.68 bits per heavy atom. The Balaban J connectivity index is 1.17. The number of ether oxygens (including phenoxy) is 5. The van der Waals surface area contributed by atoms with Gasteiger partial charge in [0, 0.05) is 50.7 Å². The number of methoxy groups -OCH3 is 1. The van der Waals surface area contributed by atoms with E-state index in [2.05, 4.69) is 29.2 Å². The number of aromatic nitrogens is 2. The molecule has 0 amide bonds. The lowest BCUT2D eigenvalue weighted by Gasteiger charge is -2.27. The van der Waals surface area contributed by atoms with Gasteiger partial charge in [0.2, 0.25) is 0 Å². The minimum Gasteiger partial charge on any atom is -0.470 e. The zero-order valence-corrected chi connectivity index (χ0v) is 25.0. The zero-order valence-electron chi connectivity index (χ0n) is 25.0. The third-order valence-electron chi connectivity index (χ3n) is 8.87. The van der Waals surface area contributed by atoms with Crippen LogP contribution in [-0.4, -0.2) is 86.2 Å². The van der Waals surface area contributed by atoms with Crippen molar-refractivity contribution in [2.75, 3.05) is 52.0 Å². The minimum absolute atomic E-state index is 0.219. The topological polar surface area (TPSA) is 87.4 Å². The monoisotopic (exact) mass is 603 g/mol. The fourth-order valence-corrected chi connectivity index (χ4v) is 6.40. The fraction of sp³-hybridized carbons (Fsp3) is 0.441. The smallest absolute Gasteiger partial charge is 0.198 e. The molecule has 2 aromatic carbocycles. The van der Waals surface area contributed by atoms with Crippen molar-refractivity contribution in [2.45, 2.75) is 49.9 Å². The van der Waals surface area contributed by atoms with E-state index >= 15 is 4.39 Å². The van der Waals surface area contributed by atoms with E-state index in [9.17, 15) is 5.11 Å². The Labute approximate surface area is 256 Å². The summed E-state index contributed by atoms with van der Waals surface area (Å²) in [5.41, 5.74) is 5.42. The van der Waals surface area contributed by atoms with Crippen molar-refractivity contribution in [2.24, 2.45) is 0 Å². The van der Waals surface area contributed by atoms with Crippen LogP contribution < -0.4 is 9.64 Å². The minimum atomic E-state index is -0.669. The molecule has 3 fully saturated rings. The van der Waals surface area contributed by atoms with E-state index in [1.54, 1.807) is 7.11 Å². The number of hydrogen-bond donors (Lipinski definition) is 1. The van der Waals surface area contributed by atoms with E-state index < -0.39 is 24.1 Å². The van der Waals surface area contributed by atoms with E-state index in [-0.39, 0.29) is 24.6 Å². The second kappa shape index (κ2) is 12.5. The quantitative estimate of drug-likeness (QED) is 0.280. The van der Waals surface area contributed by atoms with Gasteiger partial charge in [0.05, 0.1) is 30.9 Å². The molecule has 5 atom stereocenters. The number of anilines is 1. The summed E-state index contributed by atoms with van der Waals surface area (Å²) >= 11 is 0. The van der Waals surface area contributed by atoms with E-state index in [4.69, 9.17) is 28.7 Å². The van der Waals surface area contributed by atoms with Gasteiger partial charge in [0.25, 0.3) is 0 Å². The van der Waals surface area contributed by atoms with Crippen LogP contribution >= 0.6 is 0 Å². The summed E-state index contributed by atoms with van der Waals surface area (Å²) in [6.07, 6.45) is 0.645. The van der Waals surface area contributed by atoms with Gasteiger partial charge < -0.3 is 33.7 Å². The van der Waals surface area contributed by atoms with Crippen molar-refractivity contribution in [3.05, 3.63) is 66.5 Å². The molecule has 44 heavy (non-hydrogen) atoms. The molecule has 0 radical (unpaired) electrons. The number of benzene rings is 2. The molecule has 2 aromatic heterocycles. The molecule has 7 rings (SSSR count). The SMILES string of the molecule is COCCN(C)c1ccc(-c2ccc(-c3nc4cc(O[C@@H]5CO[C@H]6[C@@H]5OC[C@H]6O)n(C5CCCCO5)c4cc3F)cc2)cc1. The number of hydrogen-bond acceptors (Lipinski definition) is 8. The highest BCUT2D eigenvalue weighted by molar-refractivity contribution is 5.82. The van der Waals surface area contributed by atoms with Gasteiger partial charge in [-0.25, -0.2) is 9.37 Å². The second-order valence-corrected chi connectivity index (χ2v) is 11.8. The third kappa shape index (κ3) is 5.57. The molecule has 3 aliphatic heterocycles. The van der Waals surface area contributed by atoms with Crippen LogP contribution in [0.3, 0.4) is 0 Å². The van der Waals surface area contributed by atoms with Gasteiger partial charge >= 0.3 is 0 Å². The van der Waals surface area contributed by atoms with Crippen LogP contribution in [0.15, 0.2) is 60.7 Å². The summed E-state index contributed by atoms with van der Waals surface area (Å²) in [7, 11) is 3.74. The first-order valence-electron chi connectivity index (χ1n) is 15.3. The standard InChI is InChI=1S/C34H38FN3O6/c1-37(14-16-40-2)24-12-10-22(11-13-24)21-6-8-23(9-7-21)32-25(35)17-27-26(36-32)18-31(38(27)30-5-3-4-15-41-30)44-29-20-43-33-28(39)19-42-34(29)33/h6-13,17-18,28-30,33-34,39H,3-5,14-16,19-20H2,1-2H3/t28-,29-,30?,33-,34-/m1/s1. The van der Waals surface area contributed by atoms with Gasteiger partial charge in [-0.3, -0.25) is 4.57 Å². The van der Waals surface area contributed by atoms with Gasteiger partial charge in [0.1, 0.15) is 30.2 Å². The molecule has 3 aliphatic rings. The van der Waals surface area contributed by atoms with Crippen LogP contribution in [0.5, 0.6) is 5.88 Å². The first-order chi connectivity index (χ1) is 21.5. The Morgan fingerprint density at radius 3 is 2.41 bits per heavy atom. The molecular formula is C34H38FN3O6. The summed E-state index contributed by atoms with van der Waals surface area (Å²) in [4.78, 5) is 6.93. The van der Waals surface area contributed by atoms with E-state index in [0.29, 0.717) is 42.3 Å². The first kappa shape index (κ1) is 29.2. The fourth-order valence-electron chi connectivity index (χ4n) is 6.40. The van der Waals surface area contributed by atoms with Crippen molar-refractivity contribution in [1.82, 2.24) is 9.55 Å². The summed E-state index contributed by atoms with van der Waals surface area (Å²) in [6.45, 7) is 2.62. The number of aliphatic hydroxyl groups is 1. The molecule has 0 aliphatic carbocycles. The lowest BCUT2D eigenvalue weighted by molar-refractivity contribution is -0.0392. The maximum Gasteiger partial charge on any atom is 0.198 e. The van der Waals surface area contributed by atoms with Crippen molar-refractivity contribution in [3.8, 4) is 28.3 Å². The van der Waals surface area contributed by atoms with Crippen molar-refractivity contribution in [3.63, 3.8) is 0 Å². The Kier molecular flexibility index (Phi) is 8.26. The number of pyridine rings is 1. The van der Waals surface area contributed by atoms with Crippen molar-refractivity contribution in [1.29, 1.82) is 0 Å². The van der Waals surface area contributed by atoms with Crippen LogP contribution in [0.4, 0.5) is 10.1 Å². The van der Waals surface area contributed by atoms with Crippen LogP contribution in [0.1, 0.15) is 25.5 Å². The highest BCUT2D eigenvalue weighted by atomic mass is 19.1. The van der Waals surface area contributed by atoms with Crippen molar-refractivity contribution >= 4 is 16.7 Å². The number of fused-ring (bicyclic) bond motifs is 2. The Hall–Kier alpha value is -3.54. The number of halogens is 1. The number of nitrogens with zero attached hydrogens (tertiary/aromatic N) is 3. The molecule has 0 spiro atoms. The van der Waals surface area contributed by atoms with Gasteiger partial charge in [-0.15, -0.1) is 0 Å². The molecule has 232 valence electrons. The average molecular weight is 604 g/mol. The summed E-state index contributed by atoms with van der Waals surface area (Å²) in [5.74, 6) is 0.115. The van der Waals surface area contributed by atoms with E-state index in [1.807, 2.05) is 41.9 Å². The molecule has 5 heterocycles. The number of aliphatic hydroxyl groups excluding tert-OH is 1. The zero-order chi connectivity index (χ0) is 30.2. The maximum atomic E-state index is 15.8. The number of rotatable bonds is 9. The molecule has 0 bridgehead atoms. The van der Waals surface area contributed by atoms with Gasteiger partial charge in [0.15, 0.2) is 17.8 Å². The predicted molar refractivity (Wildman–Crippen MR) is 164 cm³/mol. The Morgan fingerprint density at radius 1 is 0.955 bits per heavy atom. The lowest BCUT2D eigenvalue weighted by Crippen LogP contribution is -2.35. The van der Waals surface area contributed by atoms with E-state index in [1.165, 1.54) is 6.07 Å². The second-order valence-electron chi connectivity index (χ2n) is 11.8. The van der Waals surface area contributed by atoms with Gasteiger partial charge in [-0.05, 0) is 42.5 Å². The highest BCUT2D eigenvalue weighted by Crippen LogP contribution is 2.38. The lowest BCUT2D eigenvalue weighted by atomic mass is 10.0. The van der Waals surface area contributed by atoms with Crippen LogP contribution in [0, 0.1) is 5.82 Å².